The van der Waals surface area contributed by atoms with Crippen molar-refractivity contribution in [2.75, 3.05) is 40.4 Å². The van der Waals surface area contributed by atoms with Crippen molar-refractivity contribution in [3.8, 4) is 5.75 Å². The molecule has 0 aliphatic heterocycles. The fraction of sp³-hybridized carbons (Fsp3) is 0.391. The van der Waals surface area contributed by atoms with E-state index in [0.29, 0.717) is 43.7 Å². The third-order valence-corrected chi connectivity index (χ3v) is 4.41. The van der Waals surface area contributed by atoms with Gasteiger partial charge in [-0.05, 0) is 35.7 Å². The monoisotopic (exact) mass is 412 g/mol. The molecule has 162 valence electrons. The largest absolute Gasteiger partial charge is 0.497 e. The number of benzene rings is 2. The Balaban J connectivity index is 1.59. The van der Waals surface area contributed by atoms with Crippen molar-refractivity contribution >= 4 is 11.9 Å². The van der Waals surface area contributed by atoms with Crippen LogP contribution in [0, 0.1) is 5.92 Å². The molecular weight excluding hydrogens is 380 g/mol. The van der Waals surface area contributed by atoms with Crippen molar-refractivity contribution in [3.05, 3.63) is 65.7 Å². The van der Waals surface area contributed by atoms with Crippen molar-refractivity contribution in [3.63, 3.8) is 0 Å². The van der Waals surface area contributed by atoms with E-state index in [1.807, 2.05) is 18.2 Å². The fourth-order valence-corrected chi connectivity index (χ4v) is 2.70. The van der Waals surface area contributed by atoms with Crippen LogP contribution in [-0.2, 0) is 11.3 Å². The van der Waals surface area contributed by atoms with Gasteiger partial charge in [-0.3, -0.25) is 9.79 Å². The van der Waals surface area contributed by atoms with Gasteiger partial charge in [-0.25, -0.2) is 0 Å². The van der Waals surface area contributed by atoms with E-state index in [0.717, 1.165) is 12.3 Å². The highest BCUT2D eigenvalue weighted by molar-refractivity contribution is 5.94. The van der Waals surface area contributed by atoms with Crippen LogP contribution in [0.5, 0.6) is 5.75 Å². The second-order valence-corrected chi connectivity index (χ2v) is 6.97. The molecule has 7 heteroatoms. The summed E-state index contributed by atoms with van der Waals surface area (Å²) in [6.07, 6.45) is 0. The van der Waals surface area contributed by atoms with E-state index in [1.54, 1.807) is 38.4 Å². The minimum atomic E-state index is -0.119. The number of carbonyl (C=O) groups is 1. The second kappa shape index (κ2) is 13.2. The van der Waals surface area contributed by atoms with Crippen LogP contribution >= 0.6 is 0 Å². The molecule has 0 spiro atoms. The minimum absolute atomic E-state index is 0.119. The Bertz CT molecular complexity index is 779. The molecule has 0 saturated heterocycles. The number of aliphatic imine (C=N–C) groups is 1. The number of rotatable bonds is 11. The zero-order valence-electron chi connectivity index (χ0n) is 18.0. The molecule has 0 heterocycles. The molecule has 0 aliphatic carbocycles. The number of nitrogens with zero attached hydrogens (tertiary/aromatic N) is 1. The van der Waals surface area contributed by atoms with Crippen LogP contribution in [0.25, 0.3) is 0 Å². The summed E-state index contributed by atoms with van der Waals surface area (Å²) in [4.78, 5) is 16.3. The van der Waals surface area contributed by atoms with Crippen LogP contribution in [0.15, 0.2) is 59.6 Å². The van der Waals surface area contributed by atoms with E-state index in [4.69, 9.17) is 9.47 Å². The molecule has 1 atom stereocenters. The van der Waals surface area contributed by atoms with Gasteiger partial charge in [0.25, 0.3) is 5.91 Å². The zero-order chi connectivity index (χ0) is 21.6. The molecular formula is C23H32N4O3. The van der Waals surface area contributed by atoms with Crippen LogP contribution in [-0.4, -0.2) is 52.3 Å². The zero-order valence-corrected chi connectivity index (χ0v) is 18.0. The first kappa shape index (κ1) is 23.2. The van der Waals surface area contributed by atoms with Gasteiger partial charge >= 0.3 is 0 Å². The highest BCUT2D eigenvalue weighted by Gasteiger charge is 2.06. The molecule has 30 heavy (non-hydrogen) atoms. The predicted octanol–water partition coefficient (Wildman–Crippen LogP) is 2.44. The van der Waals surface area contributed by atoms with Gasteiger partial charge in [0.05, 0.1) is 20.3 Å². The lowest BCUT2D eigenvalue weighted by molar-refractivity contribution is 0.0930. The lowest BCUT2D eigenvalue weighted by atomic mass is 10.2. The van der Waals surface area contributed by atoms with Crippen LogP contribution in [0.3, 0.4) is 0 Å². The minimum Gasteiger partial charge on any atom is -0.497 e. The number of methoxy groups -OCH3 is 1. The Hall–Kier alpha value is -3.06. The number of carbonyl (C=O) groups excluding carboxylic acids is 1. The van der Waals surface area contributed by atoms with Gasteiger partial charge < -0.3 is 25.4 Å². The van der Waals surface area contributed by atoms with E-state index in [-0.39, 0.29) is 5.91 Å². The van der Waals surface area contributed by atoms with Crippen molar-refractivity contribution in [1.29, 1.82) is 0 Å². The second-order valence-electron chi connectivity index (χ2n) is 6.97. The van der Waals surface area contributed by atoms with Gasteiger partial charge in [0.2, 0.25) is 0 Å². The number of amides is 1. The molecule has 7 nitrogen and oxygen atoms in total. The molecule has 0 bridgehead atoms. The van der Waals surface area contributed by atoms with Crippen molar-refractivity contribution < 1.29 is 14.3 Å². The summed E-state index contributed by atoms with van der Waals surface area (Å²) in [6, 6.07) is 17.2. The number of guanidine groups is 1. The summed E-state index contributed by atoms with van der Waals surface area (Å²) >= 11 is 0. The summed E-state index contributed by atoms with van der Waals surface area (Å²) in [7, 11) is 3.32. The molecule has 1 unspecified atom stereocenters. The first-order valence-electron chi connectivity index (χ1n) is 10.1. The summed E-state index contributed by atoms with van der Waals surface area (Å²) < 4.78 is 10.9. The molecule has 0 radical (unpaired) electrons. The van der Waals surface area contributed by atoms with Crippen LogP contribution in [0.4, 0.5) is 0 Å². The topological polar surface area (TPSA) is 84.0 Å². The van der Waals surface area contributed by atoms with E-state index in [9.17, 15) is 4.79 Å². The maximum atomic E-state index is 12.1. The van der Waals surface area contributed by atoms with Gasteiger partial charge in [-0.2, -0.15) is 0 Å². The number of ether oxygens (including phenoxy) is 2. The lowest BCUT2D eigenvalue weighted by Crippen LogP contribution is -2.43. The average molecular weight is 413 g/mol. The van der Waals surface area contributed by atoms with Crippen LogP contribution < -0.4 is 20.7 Å². The van der Waals surface area contributed by atoms with E-state index in [1.165, 1.54) is 5.56 Å². The molecule has 1 amide bonds. The highest BCUT2D eigenvalue weighted by Crippen LogP contribution is 2.10. The summed E-state index contributed by atoms with van der Waals surface area (Å²) in [6.45, 7) is 5.21. The smallest absolute Gasteiger partial charge is 0.251 e. The third kappa shape index (κ3) is 8.53. The first-order chi connectivity index (χ1) is 14.6. The van der Waals surface area contributed by atoms with Crippen molar-refractivity contribution in [2.45, 2.75) is 13.5 Å². The Morgan fingerprint density at radius 1 is 1.00 bits per heavy atom. The highest BCUT2D eigenvalue weighted by atomic mass is 16.5. The molecule has 3 N–H and O–H groups in total. The molecule has 2 aromatic rings. The molecule has 0 fully saturated rings. The van der Waals surface area contributed by atoms with Gasteiger partial charge in [0, 0.05) is 32.2 Å². The van der Waals surface area contributed by atoms with Gasteiger partial charge in [0.1, 0.15) is 5.75 Å². The average Bonchev–Trinajstić information content (AvgIpc) is 2.79. The van der Waals surface area contributed by atoms with Gasteiger partial charge in [-0.15, -0.1) is 0 Å². The molecule has 2 aromatic carbocycles. The maximum Gasteiger partial charge on any atom is 0.251 e. The van der Waals surface area contributed by atoms with Gasteiger partial charge in [0.15, 0.2) is 5.96 Å². The molecule has 0 aliphatic rings. The summed E-state index contributed by atoms with van der Waals surface area (Å²) in [5.74, 6) is 1.64. The van der Waals surface area contributed by atoms with Gasteiger partial charge in [-0.1, -0.05) is 37.3 Å². The quantitative estimate of drug-likeness (QED) is 0.300. The predicted molar refractivity (Wildman–Crippen MR) is 120 cm³/mol. The Labute approximate surface area is 178 Å². The normalized spacial score (nSPS) is 12.2. The molecule has 0 saturated carbocycles. The van der Waals surface area contributed by atoms with Crippen molar-refractivity contribution in [1.82, 2.24) is 16.0 Å². The number of nitrogens with one attached hydrogen (secondary N) is 3. The molecule has 2 rings (SSSR count). The first-order valence-corrected chi connectivity index (χ1v) is 10.1. The summed E-state index contributed by atoms with van der Waals surface area (Å²) in [5.41, 5.74) is 1.77. The van der Waals surface area contributed by atoms with E-state index in [2.05, 4.69) is 40.0 Å². The van der Waals surface area contributed by atoms with Crippen molar-refractivity contribution in [2.24, 2.45) is 10.9 Å². The van der Waals surface area contributed by atoms with Crippen LogP contribution in [0.1, 0.15) is 22.8 Å². The molecule has 0 aromatic heterocycles. The Kier molecular flexibility index (Phi) is 10.2. The standard InChI is InChI=1S/C23H32N4O3/c1-18(16-30-17-19-7-5-4-6-8-19)15-27-23(24-2)26-14-13-25-22(28)20-9-11-21(29-3)12-10-20/h4-12,18H,13-17H2,1-3H3,(H,25,28)(H2,24,26,27). The third-order valence-electron chi connectivity index (χ3n) is 4.41. The van der Waals surface area contributed by atoms with E-state index < -0.39 is 0 Å². The van der Waals surface area contributed by atoms with E-state index >= 15 is 0 Å². The lowest BCUT2D eigenvalue weighted by Gasteiger charge is -2.16. The Morgan fingerprint density at radius 2 is 1.70 bits per heavy atom. The maximum absolute atomic E-state index is 12.1. The van der Waals surface area contributed by atoms with Crippen LogP contribution in [0.2, 0.25) is 0 Å². The SMILES string of the molecule is CN=C(NCCNC(=O)c1ccc(OC)cc1)NCC(C)COCc1ccccc1. The number of hydrogen-bond acceptors (Lipinski definition) is 4. The number of hydrogen-bond donors (Lipinski definition) is 3. The summed E-state index contributed by atoms with van der Waals surface area (Å²) in [5, 5.41) is 9.36. The fourth-order valence-electron chi connectivity index (χ4n) is 2.70. The Morgan fingerprint density at radius 3 is 2.37 bits per heavy atom.